The highest BCUT2D eigenvalue weighted by Crippen LogP contribution is 2.18. The molecule has 1 atom stereocenters. The van der Waals surface area contributed by atoms with Crippen molar-refractivity contribution >= 4 is 0 Å². The summed E-state index contributed by atoms with van der Waals surface area (Å²) in [5, 5.41) is 12.3. The fraction of sp³-hybridized carbons (Fsp3) is 0.533. The fourth-order valence-electron chi connectivity index (χ4n) is 2.65. The molecule has 1 fully saturated rings. The maximum Gasteiger partial charge on any atom is 0.145 e. The average molecular weight is 261 g/mol. The highest BCUT2D eigenvalue weighted by atomic mass is 19.1. The Balaban J connectivity index is 2.12. The molecular formula is C15H20FN3. The number of nitrogens with zero attached hydrogens (tertiary/aromatic N) is 2. The molecule has 1 N–H and O–H groups in total. The summed E-state index contributed by atoms with van der Waals surface area (Å²) in [4.78, 5) is 2.28. The van der Waals surface area contributed by atoms with Crippen LogP contribution in [0.3, 0.4) is 0 Å². The van der Waals surface area contributed by atoms with Gasteiger partial charge in [0.1, 0.15) is 11.9 Å². The molecule has 1 aliphatic rings. The third-order valence-electron chi connectivity index (χ3n) is 3.77. The number of rotatable bonds is 4. The number of hydrogen-bond donors (Lipinski definition) is 1. The molecule has 102 valence electrons. The van der Waals surface area contributed by atoms with Crippen LogP contribution in [0, 0.1) is 17.1 Å². The molecule has 3 nitrogen and oxygen atoms in total. The average Bonchev–Trinajstić information content (AvgIpc) is 2.47. The minimum atomic E-state index is -0.368. The lowest BCUT2D eigenvalue weighted by Crippen LogP contribution is -2.45. The molecule has 0 saturated carbocycles. The molecule has 4 heteroatoms. The van der Waals surface area contributed by atoms with Gasteiger partial charge in [-0.25, -0.2) is 4.39 Å². The van der Waals surface area contributed by atoms with E-state index < -0.39 is 0 Å². The fourth-order valence-corrected chi connectivity index (χ4v) is 2.65. The largest absolute Gasteiger partial charge is 0.315 e. The zero-order valence-electron chi connectivity index (χ0n) is 11.3. The van der Waals surface area contributed by atoms with E-state index in [0.717, 1.165) is 26.1 Å². The zero-order chi connectivity index (χ0) is 13.7. The van der Waals surface area contributed by atoms with Gasteiger partial charge in [-0.05, 0) is 32.0 Å². The van der Waals surface area contributed by atoms with E-state index in [1.807, 2.05) is 6.07 Å². The highest BCUT2D eigenvalue weighted by molar-refractivity contribution is 5.34. The lowest BCUT2D eigenvalue weighted by atomic mass is 10.0. The quantitative estimate of drug-likeness (QED) is 0.903. The second-order valence-corrected chi connectivity index (χ2v) is 4.95. The van der Waals surface area contributed by atoms with E-state index in [-0.39, 0.29) is 11.4 Å². The van der Waals surface area contributed by atoms with E-state index >= 15 is 0 Å². The molecule has 0 radical (unpaired) electrons. The molecule has 2 rings (SSSR count). The van der Waals surface area contributed by atoms with Crippen molar-refractivity contribution in [2.45, 2.75) is 32.4 Å². The van der Waals surface area contributed by atoms with Crippen LogP contribution < -0.4 is 5.32 Å². The Hall–Kier alpha value is -1.44. The predicted octanol–water partition coefficient (Wildman–Crippen LogP) is 2.27. The number of hydrogen-bond acceptors (Lipinski definition) is 3. The minimum absolute atomic E-state index is 0.135. The summed E-state index contributed by atoms with van der Waals surface area (Å²) < 4.78 is 14.1. The van der Waals surface area contributed by atoms with Crippen LogP contribution in [0.2, 0.25) is 0 Å². The van der Waals surface area contributed by atoms with Crippen molar-refractivity contribution in [1.29, 1.82) is 5.26 Å². The summed E-state index contributed by atoms with van der Waals surface area (Å²) in [5.74, 6) is -0.368. The van der Waals surface area contributed by atoms with Crippen molar-refractivity contribution in [2.24, 2.45) is 0 Å². The molecule has 19 heavy (non-hydrogen) atoms. The normalized spacial score (nSPS) is 19.4. The maximum atomic E-state index is 14.1. The summed E-state index contributed by atoms with van der Waals surface area (Å²) in [7, 11) is 0. The summed E-state index contributed by atoms with van der Waals surface area (Å²) >= 11 is 0. The molecule has 1 heterocycles. The molecule has 0 bridgehead atoms. The number of benzene rings is 1. The van der Waals surface area contributed by atoms with Gasteiger partial charge in [0.2, 0.25) is 0 Å². The zero-order valence-corrected chi connectivity index (χ0v) is 11.3. The monoisotopic (exact) mass is 261 g/mol. The Morgan fingerprint density at radius 1 is 1.53 bits per heavy atom. The Labute approximate surface area is 114 Å². The predicted molar refractivity (Wildman–Crippen MR) is 73.1 cm³/mol. The van der Waals surface area contributed by atoms with Gasteiger partial charge in [-0.3, -0.25) is 4.90 Å². The first-order valence-corrected chi connectivity index (χ1v) is 6.88. The number of nitrogens with one attached hydrogen (secondary N) is 1. The Bertz CT molecular complexity index is 461. The standard InChI is InChI=1S/C15H20FN3/c1-2-19(14-7-4-8-18-10-14)11-13-6-3-5-12(9-17)15(13)16/h3,5-6,14,18H,2,4,7-8,10-11H2,1H3. The molecule has 1 aliphatic heterocycles. The van der Waals surface area contributed by atoms with Crippen molar-refractivity contribution in [1.82, 2.24) is 10.2 Å². The topological polar surface area (TPSA) is 39.1 Å². The highest BCUT2D eigenvalue weighted by Gasteiger charge is 2.21. The van der Waals surface area contributed by atoms with Gasteiger partial charge in [-0.1, -0.05) is 19.1 Å². The second-order valence-electron chi connectivity index (χ2n) is 4.95. The number of nitriles is 1. The van der Waals surface area contributed by atoms with E-state index in [1.165, 1.54) is 12.5 Å². The van der Waals surface area contributed by atoms with Crippen LogP contribution in [0.4, 0.5) is 4.39 Å². The van der Waals surface area contributed by atoms with Crippen LogP contribution in [-0.2, 0) is 6.54 Å². The van der Waals surface area contributed by atoms with E-state index in [1.54, 1.807) is 12.1 Å². The Morgan fingerprint density at radius 3 is 3.00 bits per heavy atom. The smallest absolute Gasteiger partial charge is 0.145 e. The van der Waals surface area contributed by atoms with Crippen molar-refractivity contribution < 1.29 is 4.39 Å². The van der Waals surface area contributed by atoms with Gasteiger partial charge < -0.3 is 5.32 Å². The Morgan fingerprint density at radius 2 is 2.37 bits per heavy atom. The van der Waals surface area contributed by atoms with E-state index in [2.05, 4.69) is 17.1 Å². The van der Waals surface area contributed by atoms with Gasteiger partial charge in [0, 0.05) is 24.7 Å². The van der Waals surface area contributed by atoms with Gasteiger partial charge in [-0.15, -0.1) is 0 Å². The number of likely N-dealkylation sites (N-methyl/N-ethyl adjacent to an activating group) is 1. The van der Waals surface area contributed by atoms with Gasteiger partial charge in [-0.2, -0.15) is 5.26 Å². The summed E-state index contributed by atoms with van der Waals surface area (Å²) in [6.07, 6.45) is 2.32. The van der Waals surface area contributed by atoms with Crippen LogP contribution in [0.5, 0.6) is 0 Å². The van der Waals surface area contributed by atoms with Crippen LogP contribution in [-0.4, -0.2) is 30.6 Å². The van der Waals surface area contributed by atoms with E-state index in [4.69, 9.17) is 5.26 Å². The molecular weight excluding hydrogens is 241 g/mol. The minimum Gasteiger partial charge on any atom is -0.315 e. The van der Waals surface area contributed by atoms with Crippen LogP contribution >= 0.6 is 0 Å². The van der Waals surface area contributed by atoms with Crippen LogP contribution in [0.15, 0.2) is 18.2 Å². The van der Waals surface area contributed by atoms with Crippen LogP contribution in [0.25, 0.3) is 0 Å². The maximum absolute atomic E-state index is 14.1. The van der Waals surface area contributed by atoms with Crippen molar-refractivity contribution in [3.63, 3.8) is 0 Å². The van der Waals surface area contributed by atoms with Gasteiger partial charge in [0.25, 0.3) is 0 Å². The second kappa shape index (κ2) is 6.65. The van der Waals surface area contributed by atoms with Gasteiger partial charge in [0.05, 0.1) is 5.56 Å². The molecule has 1 unspecified atom stereocenters. The van der Waals surface area contributed by atoms with E-state index in [0.29, 0.717) is 18.2 Å². The molecule has 0 amide bonds. The van der Waals surface area contributed by atoms with Crippen molar-refractivity contribution in [3.05, 3.63) is 35.1 Å². The van der Waals surface area contributed by atoms with Crippen molar-refractivity contribution in [3.8, 4) is 6.07 Å². The first kappa shape index (κ1) is 14.0. The summed E-state index contributed by atoms with van der Waals surface area (Å²) in [6, 6.07) is 7.41. The number of piperidine rings is 1. The van der Waals surface area contributed by atoms with Crippen molar-refractivity contribution in [2.75, 3.05) is 19.6 Å². The molecule has 1 saturated heterocycles. The van der Waals surface area contributed by atoms with Gasteiger partial charge in [0.15, 0.2) is 0 Å². The van der Waals surface area contributed by atoms with Gasteiger partial charge >= 0.3 is 0 Å². The SMILES string of the molecule is CCN(Cc1cccc(C#N)c1F)C1CCCNC1. The Kier molecular flexibility index (Phi) is 4.89. The number of halogens is 1. The first-order chi connectivity index (χ1) is 9.26. The summed E-state index contributed by atoms with van der Waals surface area (Å²) in [6.45, 7) is 5.60. The lowest BCUT2D eigenvalue weighted by Gasteiger charge is -2.34. The molecule has 1 aromatic carbocycles. The molecule has 0 spiro atoms. The lowest BCUT2D eigenvalue weighted by molar-refractivity contribution is 0.164. The third-order valence-corrected chi connectivity index (χ3v) is 3.77. The third kappa shape index (κ3) is 3.31. The first-order valence-electron chi connectivity index (χ1n) is 6.88. The van der Waals surface area contributed by atoms with Crippen LogP contribution in [0.1, 0.15) is 30.9 Å². The van der Waals surface area contributed by atoms with E-state index in [9.17, 15) is 4.39 Å². The molecule has 0 aliphatic carbocycles. The molecule has 0 aromatic heterocycles. The summed E-state index contributed by atoms with van der Waals surface area (Å²) in [5.41, 5.74) is 0.752. The molecule has 1 aromatic rings.